The lowest BCUT2D eigenvalue weighted by Gasteiger charge is -2.20. The smallest absolute Gasteiger partial charge is 0.191 e. The van der Waals surface area contributed by atoms with Gasteiger partial charge < -0.3 is 20.3 Å². The van der Waals surface area contributed by atoms with Gasteiger partial charge >= 0.3 is 0 Å². The van der Waals surface area contributed by atoms with Gasteiger partial charge in [0.25, 0.3) is 0 Å². The molecule has 2 N–H and O–H groups in total. The molecular formula is C20H25F2N5O. The van der Waals surface area contributed by atoms with Crippen molar-refractivity contribution in [3.8, 4) is 5.75 Å². The Balaban J connectivity index is 1.37. The second-order valence-electron chi connectivity index (χ2n) is 6.54. The summed E-state index contributed by atoms with van der Waals surface area (Å²) in [7, 11) is 1.72. The van der Waals surface area contributed by atoms with E-state index in [2.05, 4.69) is 20.6 Å². The molecule has 0 saturated carbocycles. The van der Waals surface area contributed by atoms with Gasteiger partial charge in [0.2, 0.25) is 0 Å². The maximum Gasteiger partial charge on any atom is 0.191 e. The van der Waals surface area contributed by atoms with Crippen LogP contribution >= 0.6 is 0 Å². The van der Waals surface area contributed by atoms with Crippen LogP contribution in [0.4, 0.5) is 14.6 Å². The van der Waals surface area contributed by atoms with Crippen LogP contribution in [0.5, 0.6) is 5.75 Å². The zero-order chi connectivity index (χ0) is 19.8. The molecule has 2 aromatic rings. The summed E-state index contributed by atoms with van der Waals surface area (Å²) in [4.78, 5) is 10.3. The summed E-state index contributed by atoms with van der Waals surface area (Å²) in [5.74, 6) is 1.17. The lowest BCUT2D eigenvalue weighted by molar-refractivity contribution is 0.310. The Bertz CT molecular complexity index is 784. The second kappa shape index (κ2) is 9.87. The Labute approximate surface area is 163 Å². The standard InChI is InChI=1S/C20H25F2N5O/c1-23-20(25-11-3-13-28-17-7-5-15(21)6-8-17)26-16-9-12-27(14-16)19-18(22)4-2-10-24-19/h2,4-8,10,16H,3,9,11-14H2,1H3,(H2,23,25,26). The van der Waals surface area contributed by atoms with Gasteiger partial charge in [0.1, 0.15) is 11.6 Å². The molecule has 28 heavy (non-hydrogen) atoms. The molecule has 1 aliphatic rings. The summed E-state index contributed by atoms with van der Waals surface area (Å²) in [6.45, 7) is 2.62. The van der Waals surface area contributed by atoms with E-state index in [0.29, 0.717) is 37.2 Å². The van der Waals surface area contributed by atoms with Gasteiger partial charge in [-0.15, -0.1) is 0 Å². The van der Waals surface area contributed by atoms with Crippen molar-refractivity contribution in [3.05, 3.63) is 54.2 Å². The Morgan fingerprint density at radius 1 is 1.29 bits per heavy atom. The average molecular weight is 389 g/mol. The fourth-order valence-corrected chi connectivity index (χ4v) is 3.07. The number of nitrogens with one attached hydrogen (secondary N) is 2. The molecule has 2 heterocycles. The average Bonchev–Trinajstić information content (AvgIpc) is 3.17. The Hall–Kier alpha value is -2.90. The van der Waals surface area contributed by atoms with Crippen LogP contribution in [-0.4, -0.2) is 50.3 Å². The van der Waals surface area contributed by atoms with Crippen LogP contribution in [-0.2, 0) is 0 Å². The van der Waals surface area contributed by atoms with Crippen LogP contribution in [0, 0.1) is 11.6 Å². The highest BCUT2D eigenvalue weighted by Crippen LogP contribution is 2.20. The number of benzene rings is 1. The molecule has 1 aromatic heterocycles. The first kappa shape index (κ1) is 19.9. The molecule has 1 aliphatic heterocycles. The van der Waals surface area contributed by atoms with Crippen molar-refractivity contribution in [1.29, 1.82) is 0 Å². The number of nitrogens with zero attached hydrogens (tertiary/aromatic N) is 3. The molecule has 1 aromatic carbocycles. The number of ether oxygens (including phenoxy) is 1. The summed E-state index contributed by atoms with van der Waals surface area (Å²) >= 11 is 0. The van der Waals surface area contributed by atoms with Crippen LogP contribution in [0.2, 0.25) is 0 Å². The fraction of sp³-hybridized carbons (Fsp3) is 0.400. The topological polar surface area (TPSA) is 61.8 Å². The molecule has 1 saturated heterocycles. The van der Waals surface area contributed by atoms with Crippen molar-refractivity contribution in [2.24, 2.45) is 4.99 Å². The first-order valence-corrected chi connectivity index (χ1v) is 9.36. The van der Waals surface area contributed by atoms with Crippen LogP contribution in [0.1, 0.15) is 12.8 Å². The van der Waals surface area contributed by atoms with Gasteiger partial charge in [0.05, 0.1) is 6.61 Å². The van der Waals surface area contributed by atoms with Crippen molar-refractivity contribution in [2.75, 3.05) is 38.2 Å². The molecule has 8 heteroatoms. The predicted molar refractivity (Wildman–Crippen MR) is 106 cm³/mol. The first-order chi connectivity index (χ1) is 13.7. The number of guanidine groups is 1. The number of aliphatic imine (C=N–C) groups is 1. The third-order valence-electron chi connectivity index (χ3n) is 4.49. The molecular weight excluding hydrogens is 364 g/mol. The lowest BCUT2D eigenvalue weighted by atomic mass is 10.3. The van der Waals surface area contributed by atoms with Crippen molar-refractivity contribution in [2.45, 2.75) is 18.9 Å². The molecule has 3 rings (SSSR count). The van der Waals surface area contributed by atoms with Gasteiger partial charge in [0.15, 0.2) is 17.6 Å². The van der Waals surface area contributed by atoms with Crippen LogP contribution in [0.25, 0.3) is 0 Å². The number of rotatable bonds is 7. The number of hydrogen-bond donors (Lipinski definition) is 2. The lowest BCUT2D eigenvalue weighted by Crippen LogP contribution is -2.45. The zero-order valence-corrected chi connectivity index (χ0v) is 15.9. The van der Waals surface area contributed by atoms with E-state index in [9.17, 15) is 8.78 Å². The van der Waals surface area contributed by atoms with Crippen LogP contribution in [0.15, 0.2) is 47.6 Å². The summed E-state index contributed by atoms with van der Waals surface area (Å²) < 4.78 is 32.3. The van der Waals surface area contributed by atoms with Crippen molar-refractivity contribution < 1.29 is 13.5 Å². The first-order valence-electron chi connectivity index (χ1n) is 9.36. The number of anilines is 1. The van der Waals surface area contributed by atoms with Crippen molar-refractivity contribution in [1.82, 2.24) is 15.6 Å². The predicted octanol–water partition coefficient (Wildman–Crippen LogP) is 2.57. The fourth-order valence-electron chi connectivity index (χ4n) is 3.07. The molecule has 1 fully saturated rings. The van der Waals surface area contributed by atoms with Crippen LogP contribution in [0.3, 0.4) is 0 Å². The third-order valence-corrected chi connectivity index (χ3v) is 4.49. The van der Waals surface area contributed by atoms with Gasteiger partial charge in [-0.25, -0.2) is 13.8 Å². The van der Waals surface area contributed by atoms with Crippen molar-refractivity contribution in [3.63, 3.8) is 0 Å². The third kappa shape index (κ3) is 5.55. The Morgan fingerprint density at radius 3 is 2.86 bits per heavy atom. The van der Waals surface area contributed by atoms with E-state index < -0.39 is 0 Å². The highest BCUT2D eigenvalue weighted by Gasteiger charge is 2.25. The van der Waals surface area contributed by atoms with E-state index in [0.717, 1.165) is 19.4 Å². The Morgan fingerprint density at radius 2 is 2.11 bits per heavy atom. The number of hydrogen-bond acceptors (Lipinski definition) is 4. The number of pyridine rings is 1. The molecule has 0 aliphatic carbocycles. The largest absolute Gasteiger partial charge is 0.494 e. The molecule has 1 unspecified atom stereocenters. The summed E-state index contributed by atoms with van der Waals surface area (Å²) in [6, 6.07) is 9.16. The summed E-state index contributed by atoms with van der Waals surface area (Å²) in [5, 5.41) is 6.61. The molecule has 0 bridgehead atoms. The van der Waals surface area contributed by atoms with Gasteiger partial charge in [0, 0.05) is 38.9 Å². The number of aromatic nitrogens is 1. The molecule has 0 amide bonds. The normalized spacial score (nSPS) is 16.9. The maximum absolute atomic E-state index is 13.9. The second-order valence-corrected chi connectivity index (χ2v) is 6.54. The van der Waals surface area contributed by atoms with Crippen molar-refractivity contribution >= 4 is 11.8 Å². The SMILES string of the molecule is CN=C(NCCCOc1ccc(F)cc1)NC1CCN(c2ncccc2F)C1. The Kier molecular flexibility index (Phi) is 7.00. The molecule has 0 radical (unpaired) electrons. The van der Waals surface area contributed by atoms with E-state index in [-0.39, 0.29) is 17.7 Å². The van der Waals surface area contributed by atoms with E-state index in [1.54, 1.807) is 31.4 Å². The summed E-state index contributed by atoms with van der Waals surface area (Å²) in [5.41, 5.74) is 0. The van der Waals surface area contributed by atoms with E-state index >= 15 is 0 Å². The number of halogens is 2. The molecule has 1 atom stereocenters. The quantitative estimate of drug-likeness (QED) is 0.433. The molecule has 0 spiro atoms. The minimum atomic E-state index is -0.299. The zero-order valence-electron chi connectivity index (χ0n) is 15.9. The van der Waals surface area contributed by atoms with Gasteiger partial charge in [-0.2, -0.15) is 0 Å². The van der Waals surface area contributed by atoms with E-state index in [1.165, 1.54) is 18.2 Å². The van der Waals surface area contributed by atoms with Gasteiger partial charge in [-0.1, -0.05) is 0 Å². The molecule has 6 nitrogen and oxygen atoms in total. The minimum Gasteiger partial charge on any atom is -0.494 e. The van der Waals surface area contributed by atoms with Crippen LogP contribution < -0.4 is 20.3 Å². The van der Waals surface area contributed by atoms with Gasteiger partial charge in [-0.05, 0) is 49.2 Å². The highest BCUT2D eigenvalue weighted by molar-refractivity contribution is 5.80. The van der Waals surface area contributed by atoms with E-state index in [1.807, 2.05) is 4.90 Å². The minimum absolute atomic E-state index is 0.170. The highest BCUT2D eigenvalue weighted by atomic mass is 19.1. The molecule has 150 valence electrons. The van der Waals surface area contributed by atoms with Gasteiger partial charge in [-0.3, -0.25) is 4.99 Å². The summed E-state index contributed by atoms with van der Waals surface area (Å²) in [6.07, 6.45) is 3.26. The maximum atomic E-state index is 13.9. The van der Waals surface area contributed by atoms with E-state index in [4.69, 9.17) is 4.74 Å². The monoisotopic (exact) mass is 389 g/mol.